The van der Waals surface area contributed by atoms with Crippen molar-refractivity contribution in [1.29, 1.82) is 5.26 Å². The van der Waals surface area contributed by atoms with Gasteiger partial charge in [0.2, 0.25) is 6.08 Å². The van der Waals surface area contributed by atoms with Gasteiger partial charge < -0.3 is 0 Å². The van der Waals surface area contributed by atoms with Crippen LogP contribution in [0, 0.1) is 23.2 Å². The van der Waals surface area contributed by atoms with E-state index in [0.29, 0.717) is 11.3 Å². The minimum atomic E-state index is 0.486. The molecule has 0 aliphatic carbocycles. The van der Waals surface area contributed by atoms with Crippen LogP contribution in [-0.4, -0.2) is 6.08 Å². The van der Waals surface area contributed by atoms with Gasteiger partial charge in [0.25, 0.3) is 0 Å². The summed E-state index contributed by atoms with van der Waals surface area (Å²) < 4.78 is 0. The Bertz CT molecular complexity index is 454. The summed E-state index contributed by atoms with van der Waals surface area (Å²) in [5.41, 5.74) is 1.14. The average Bonchev–Trinajstić information content (AvgIpc) is 2.16. The molecule has 0 heterocycles. The van der Waals surface area contributed by atoms with Crippen LogP contribution < -0.4 is 0 Å². The molecule has 0 spiro atoms. The molecule has 1 aromatic rings. The smallest absolute Gasteiger partial charge is 0.211 e. The molecule has 0 saturated carbocycles. The third kappa shape index (κ3) is 2.63. The quantitative estimate of drug-likeness (QED) is 0.362. The monoisotopic (exact) mass is 168 g/mol. The lowest BCUT2D eigenvalue weighted by atomic mass is 10.2. The Morgan fingerprint density at radius 1 is 1.38 bits per heavy atom. The predicted molar refractivity (Wildman–Crippen MR) is 46.7 cm³/mol. The molecular formula is C10H4N2O. The van der Waals surface area contributed by atoms with Crippen molar-refractivity contribution in [1.82, 2.24) is 0 Å². The third-order valence-electron chi connectivity index (χ3n) is 1.28. The molecule has 0 N–H and O–H groups in total. The van der Waals surface area contributed by atoms with Crippen LogP contribution in [-0.2, 0) is 4.79 Å². The van der Waals surface area contributed by atoms with Gasteiger partial charge in [-0.3, -0.25) is 0 Å². The second-order valence-corrected chi connectivity index (χ2v) is 2.12. The lowest BCUT2D eigenvalue weighted by Gasteiger charge is -1.90. The van der Waals surface area contributed by atoms with Crippen molar-refractivity contribution in [3.05, 3.63) is 29.8 Å². The lowest BCUT2D eigenvalue weighted by molar-refractivity contribution is 0.565. The Morgan fingerprint density at radius 2 is 2.23 bits per heavy atom. The van der Waals surface area contributed by atoms with Gasteiger partial charge >= 0.3 is 0 Å². The number of nitriles is 1. The van der Waals surface area contributed by atoms with Crippen LogP contribution in [0.15, 0.2) is 29.3 Å². The van der Waals surface area contributed by atoms with Crippen LogP contribution in [0.3, 0.4) is 0 Å². The normalized spacial score (nSPS) is 7.31. The van der Waals surface area contributed by atoms with Crippen LogP contribution in [0.4, 0.5) is 5.69 Å². The lowest BCUT2D eigenvalue weighted by Crippen LogP contribution is -1.72. The zero-order valence-corrected chi connectivity index (χ0v) is 6.61. The minimum absolute atomic E-state index is 0.486. The van der Waals surface area contributed by atoms with Gasteiger partial charge in [-0.2, -0.15) is 10.3 Å². The first-order valence-corrected chi connectivity index (χ1v) is 3.45. The van der Waals surface area contributed by atoms with E-state index in [1.165, 1.54) is 6.08 Å². The summed E-state index contributed by atoms with van der Waals surface area (Å²) in [5.74, 6) is 4.84. The summed E-state index contributed by atoms with van der Waals surface area (Å²) in [4.78, 5) is 13.3. The van der Waals surface area contributed by atoms with Crippen molar-refractivity contribution in [3.63, 3.8) is 0 Å². The number of isocyanates is 1. The molecule has 60 valence electrons. The first-order valence-electron chi connectivity index (χ1n) is 3.45. The highest BCUT2D eigenvalue weighted by atomic mass is 16.1. The van der Waals surface area contributed by atoms with Crippen LogP contribution in [0.5, 0.6) is 0 Å². The Kier molecular flexibility index (Phi) is 3.03. The van der Waals surface area contributed by atoms with E-state index in [2.05, 4.69) is 16.8 Å². The van der Waals surface area contributed by atoms with E-state index in [9.17, 15) is 4.79 Å². The molecule has 0 fully saturated rings. The van der Waals surface area contributed by atoms with E-state index in [0.717, 1.165) is 0 Å². The summed E-state index contributed by atoms with van der Waals surface area (Å²) >= 11 is 0. The first-order chi connectivity index (χ1) is 6.36. The van der Waals surface area contributed by atoms with E-state index < -0.39 is 0 Å². The van der Waals surface area contributed by atoms with Crippen LogP contribution in [0.2, 0.25) is 0 Å². The standard InChI is InChI=1S/C10H4N2O/c11-6-2-4-9-3-1-5-10(7-9)12-8-13/h1,3,5,7H. The maximum Gasteiger partial charge on any atom is 0.240 e. The summed E-state index contributed by atoms with van der Waals surface area (Å²) in [5, 5.41) is 8.19. The molecule has 3 nitrogen and oxygen atoms in total. The van der Waals surface area contributed by atoms with Crippen molar-refractivity contribution in [2.24, 2.45) is 4.99 Å². The van der Waals surface area contributed by atoms with Crippen LogP contribution in [0.25, 0.3) is 0 Å². The van der Waals surface area contributed by atoms with Gasteiger partial charge in [-0.05, 0) is 18.2 Å². The van der Waals surface area contributed by atoms with Gasteiger partial charge in [0.1, 0.15) is 0 Å². The van der Waals surface area contributed by atoms with Crippen molar-refractivity contribution in [2.75, 3.05) is 0 Å². The number of hydrogen-bond donors (Lipinski definition) is 0. The van der Waals surface area contributed by atoms with Gasteiger partial charge in [-0.15, -0.1) is 0 Å². The molecule has 3 heteroatoms. The highest BCUT2D eigenvalue weighted by Crippen LogP contribution is 2.11. The summed E-state index contributed by atoms with van der Waals surface area (Å²) in [6.07, 6.45) is 1.43. The number of rotatable bonds is 1. The SMILES string of the molecule is N#CC#Cc1cccc(N=C=O)c1. The van der Waals surface area contributed by atoms with Gasteiger partial charge in [0.05, 0.1) is 5.69 Å². The largest absolute Gasteiger partial charge is 0.240 e. The van der Waals surface area contributed by atoms with Crippen molar-refractivity contribution < 1.29 is 4.79 Å². The fraction of sp³-hybridized carbons (Fsp3) is 0. The molecule has 0 saturated heterocycles. The molecule has 1 aromatic carbocycles. The average molecular weight is 168 g/mol. The van der Waals surface area contributed by atoms with E-state index >= 15 is 0 Å². The Morgan fingerprint density at radius 3 is 2.92 bits per heavy atom. The highest BCUT2D eigenvalue weighted by molar-refractivity contribution is 5.53. The van der Waals surface area contributed by atoms with Crippen molar-refractivity contribution in [3.8, 4) is 17.9 Å². The number of carbonyl (C=O) groups excluding carboxylic acids is 1. The van der Waals surface area contributed by atoms with E-state index in [1.54, 1.807) is 30.3 Å². The zero-order valence-electron chi connectivity index (χ0n) is 6.61. The van der Waals surface area contributed by atoms with Gasteiger partial charge in [-0.25, -0.2) is 4.79 Å². The Balaban J connectivity index is 3.06. The van der Waals surface area contributed by atoms with Crippen LogP contribution >= 0.6 is 0 Å². The molecule has 0 amide bonds. The number of nitrogens with zero attached hydrogens (tertiary/aromatic N) is 2. The zero-order chi connectivity index (χ0) is 9.52. The number of aliphatic imine (C=N–C) groups is 1. The van der Waals surface area contributed by atoms with Gasteiger partial charge in [0, 0.05) is 11.5 Å². The fourth-order valence-electron chi connectivity index (χ4n) is 0.806. The molecule has 0 aliphatic heterocycles. The molecule has 0 radical (unpaired) electrons. The molecule has 1 rings (SSSR count). The number of hydrogen-bond acceptors (Lipinski definition) is 3. The maximum absolute atomic E-state index is 9.92. The molecule has 0 aliphatic rings. The second kappa shape index (κ2) is 4.51. The van der Waals surface area contributed by atoms with Gasteiger partial charge in [-0.1, -0.05) is 12.0 Å². The van der Waals surface area contributed by atoms with Crippen LogP contribution in [0.1, 0.15) is 5.56 Å². The molecule has 13 heavy (non-hydrogen) atoms. The Hall–Kier alpha value is -2.35. The minimum Gasteiger partial charge on any atom is -0.211 e. The maximum atomic E-state index is 9.92. The summed E-state index contributed by atoms with van der Waals surface area (Å²) in [6.45, 7) is 0. The molecule has 0 bridgehead atoms. The van der Waals surface area contributed by atoms with E-state index in [1.807, 2.05) is 0 Å². The predicted octanol–water partition coefficient (Wildman–Crippen LogP) is 1.53. The highest BCUT2D eigenvalue weighted by Gasteiger charge is 1.89. The fourth-order valence-corrected chi connectivity index (χ4v) is 0.806. The summed E-state index contributed by atoms with van der Waals surface area (Å²) in [6, 6.07) is 8.40. The Labute approximate surface area is 75.3 Å². The van der Waals surface area contributed by atoms with E-state index in [-0.39, 0.29) is 0 Å². The summed E-state index contributed by atoms with van der Waals surface area (Å²) in [7, 11) is 0. The van der Waals surface area contributed by atoms with E-state index in [4.69, 9.17) is 5.26 Å². The van der Waals surface area contributed by atoms with Gasteiger partial charge in [0.15, 0.2) is 6.07 Å². The van der Waals surface area contributed by atoms with Crippen molar-refractivity contribution in [2.45, 2.75) is 0 Å². The topological polar surface area (TPSA) is 53.2 Å². The molecule has 0 atom stereocenters. The molecule has 0 aromatic heterocycles. The number of benzene rings is 1. The third-order valence-corrected chi connectivity index (χ3v) is 1.28. The van der Waals surface area contributed by atoms with Crippen molar-refractivity contribution >= 4 is 11.8 Å². The second-order valence-electron chi connectivity index (χ2n) is 2.12. The molecule has 0 unspecified atom stereocenters. The molecular weight excluding hydrogens is 164 g/mol. The first kappa shape index (κ1) is 8.74.